The van der Waals surface area contributed by atoms with Gasteiger partial charge in [-0.25, -0.2) is 4.98 Å². The van der Waals surface area contributed by atoms with Gasteiger partial charge in [0.15, 0.2) is 0 Å². The number of hydrogen-bond donors (Lipinski definition) is 2. The molecule has 31 heavy (non-hydrogen) atoms. The van der Waals surface area contributed by atoms with Crippen molar-refractivity contribution in [3.8, 4) is 0 Å². The number of hydrogen-bond acceptors (Lipinski definition) is 4. The lowest BCUT2D eigenvalue weighted by molar-refractivity contribution is -0.121. The summed E-state index contributed by atoms with van der Waals surface area (Å²) >= 11 is 5.84. The van der Waals surface area contributed by atoms with Crippen LogP contribution in [0.2, 0.25) is 5.02 Å². The fraction of sp³-hybridized carbons (Fsp3) is 0.292. The lowest BCUT2D eigenvalue weighted by Gasteiger charge is -2.31. The van der Waals surface area contributed by atoms with Crippen molar-refractivity contribution in [2.45, 2.75) is 19.3 Å². The van der Waals surface area contributed by atoms with Crippen LogP contribution in [0.1, 0.15) is 19.3 Å². The van der Waals surface area contributed by atoms with E-state index >= 15 is 0 Å². The van der Waals surface area contributed by atoms with Gasteiger partial charge in [0.1, 0.15) is 5.82 Å². The standard InChI is InChI=1S/C24H25ClN4O2/c25-19-10-11-22(26-15-19)28-24(31)18-7-4-13-29(16-18)14-12-23(30)27-21-9-3-6-17-5-1-2-8-20(17)21/h1-3,5-6,8-11,15,18H,4,7,12-14,16H2,(H,27,30)(H,26,28,31). The van der Waals surface area contributed by atoms with Crippen LogP contribution in [-0.2, 0) is 9.59 Å². The molecule has 0 saturated carbocycles. The molecule has 2 heterocycles. The number of amides is 2. The molecule has 6 nitrogen and oxygen atoms in total. The predicted molar refractivity (Wildman–Crippen MR) is 124 cm³/mol. The van der Waals surface area contributed by atoms with Crippen molar-refractivity contribution in [1.29, 1.82) is 0 Å². The van der Waals surface area contributed by atoms with E-state index in [4.69, 9.17) is 11.6 Å². The van der Waals surface area contributed by atoms with Crippen molar-refractivity contribution in [2.75, 3.05) is 30.3 Å². The molecule has 1 saturated heterocycles. The summed E-state index contributed by atoms with van der Waals surface area (Å²) in [7, 11) is 0. The number of nitrogens with zero attached hydrogens (tertiary/aromatic N) is 2. The van der Waals surface area contributed by atoms with Crippen LogP contribution in [-0.4, -0.2) is 41.3 Å². The minimum absolute atomic E-state index is 0.0201. The number of piperidine rings is 1. The molecule has 2 N–H and O–H groups in total. The first-order valence-electron chi connectivity index (χ1n) is 10.5. The highest BCUT2D eigenvalue weighted by Gasteiger charge is 2.26. The molecule has 160 valence electrons. The van der Waals surface area contributed by atoms with Gasteiger partial charge in [0, 0.05) is 36.8 Å². The molecular formula is C24H25ClN4O2. The van der Waals surface area contributed by atoms with E-state index in [-0.39, 0.29) is 17.7 Å². The normalized spacial score (nSPS) is 16.7. The van der Waals surface area contributed by atoms with E-state index in [0.29, 0.717) is 30.4 Å². The van der Waals surface area contributed by atoms with Gasteiger partial charge in [0.05, 0.1) is 10.9 Å². The Bertz CT molecular complexity index is 1070. The molecule has 2 aromatic carbocycles. The highest BCUT2D eigenvalue weighted by Crippen LogP contribution is 2.23. The summed E-state index contributed by atoms with van der Waals surface area (Å²) in [6.07, 6.45) is 3.66. The zero-order chi connectivity index (χ0) is 21.6. The number of aromatic nitrogens is 1. The third-order valence-electron chi connectivity index (χ3n) is 5.57. The minimum atomic E-state index is -0.118. The number of carbonyl (C=O) groups is 2. The fourth-order valence-corrected chi connectivity index (χ4v) is 4.07. The third-order valence-corrected chi connectivity index (χ3v) is 5.80. The second-order valence-electron chi connectivity index (χ2n) is 7.82. The first-order chi connectivity index (χ1) is 15.1. The summed E-state index contributed by atoms with van der Waals surface area (Å²) in [5.74, 6) is 0.321. The van der Waals surface area contributed by atoms with E-state index in [2.05, 4.69) is 20.5 Å². The lowest BCUT2D eigenvalue weighted by atomic mass is 9.97. The first kappa shape index (κ1) is 21.3. The Kier molecular flexibility index (Phi) is 6.79. The molecule has 7 heteroatoms. The molecular weight excluding hydrogens is 412 g/mol. The van der Waals surface area contributed by atoms with Crippen LogP contribution >= 0.6 is 11.6 Å². The molecule has 1 aliphatic heterocycles. The maximum Gasteiger partial charge on any atom is 0.229 e. The molecule has 1 atom stereocenters. The molecule has 0 radical (unpaired) electrons. The molecule has 2 amide bonds. The summed E-state index contributed by atoms with van der Waals surface area (Å²) in [5.41, 5.74) is 0.828. The van der Waals surface area contributed by atoms with Crippen molar-refractivity contribution >= 4 is 45.7 Å². The third kappa shape index (κ3) is 5.60. The quantitative estimate of drug-likeness (QED) is 0.593. The maximum atomic E-state index is 12.6. The SMILES string of the molecule is O=C(CCN1CCCC(C(=O)Nc2ccc(Cl)cn2)C1)Nc1cccc2ccccc12. The first-order valence-corrected chi connectivity index (χ1v) is 10.9. The molecule has 0 aliphatic carbocycles. The van der Waals surface area contributed by atoms with Crippen LogP contribution in [0.3, 0.4) is 0 Å². The second-order valence-corrected chi connectivity index (χ2v) is 8.25. The van der Waals surface area contributed by atoms with E-state index in [1.165, 1.54) is 6.20 Å². The Hall–Kier alpha value is -2.96. The van der Waals surface area contributed by atoms with Crippen LogP contribution in [0, 0.1) is 5.92 Å². The summed E-state index contributed by atoms with van der Waals surface area (Å²) in [6.45, 7) is 2.16. The van der Waals surface area contributed by atoms with Gasteiger partial charge in [-0.3, -0.25) is 9.59 Å². The van der Waals surface area contributed by atoms with Crippen LogP contribution in [0.15, 0.2) is 60.8 Å². The number of anilines is 2. The number of carbonyl (C=O) groups excluding carboxylic acids is 2. The molecule has 1 aromatic heterocycles. The molecule has 3 aromatic rings. The number of pyridine rings is 1. The van der Waals surface area contributed by atoms with Crippen LogP contribution in [0.5, 0.6) is 0 Å². The number of rotatable bonds is 6. The molecule has 1 unspecified atom stereocenters. The number of halogens is 1. The maximum absolute atomic E-state index is 12.6. The van der Waals surface area contributed by atoms with Crippen molar-refractivity contribution in [2.24, 2.45) is 5.92 Å². The van der Waals surface area contributed by atoms with E-state index < -0.39 is 0 Å². The molecule has 4 rings (SSSR count). The lowest BCUT2D eigenvalue weighted by Crippen LogP contribution is -2.41. The summed E-state index contributed by atoms with van der Waals surface area (Å²) in [6, 6.07) is 17.3. The van der Waals surface area contributed by atoms with E-state index in [0.717, 1.165) is 35.8 Å². The van der Waals surface area contributed by atoms with Gasteiger partial charge >= 0.3 is 0 Å². The van der Waals surface area contributed by atoms with Gasteiger partial charge in [-0.2, -0.15) is 0 Å². The average molecular weight is 437 g/mol. The van der Waals surface area contributed by atoms with Crippen molar-refractivity contribution in [3.05, 3.63) is 65.8 Å². The van der Waals surface area contributed by atoms with Gasteiger partial charge in [-0.05, 0) is 43.0 Å². The van der Waals surface area contributed by atoms with Crippen molar-refractivity contribution in [3.63, 3.8) is 0 Å². The highest BCUT2D eigenvalue weighted by molar-refractivity contribution is 6.30. The Morgan fingerprint density at radius 1 is 1.06 bits per heavy atom. The molecule has 1 fully saturated rings. The molecule has 0 spiro atoms. The van der Waals surface area contributed by atoms with Gasteiger partial charge in [-0.1, -0.05) is 48.0 Å². The number of fused-ring (bicyclic) bond motifs is 1. The molecule has 1 aliphatic rings. The van der Waals surface area contributed by atoms with E-state index in [1.54, 1.807) is 12.1 Å². The minimum Gasteiger partial charge on any atom is -0.325 e. The Morgan fingerprint density at radius 3 is 2.74 bits per heavy atom. The number of likely N-dealkylation sites (tertiary alicyclic amines) is 1. The van der Waals surface area contributed by atoms with Crippen LogP contribution in [0.4, 0.5) is 11.5 Å². The van der Waals surface area contributed by atoms with Crippen LogP contribution in [0.25, 0.3) is 10.8 Å². The van der Waals surface area contributed by atoms with Gasteiger partial charge in [0.25, 0.3) is 0 Å². The Balaban J connectivity index is 1.28. The largest absolute Gasteiger partial charge is 0.325 e. The van der Waals surface area contributed by atoms with E-state index in [9.17, 15) is 9.59 Å². The fourth-order valence-electron chi connectivity index (χ4n) is 3.96. The Morgan fingerprint density at radius 2 is 1.90 bits per heavy atom. The van der Waals surface area contributed by atoms with Gasteiger partial charge < -0.3 is 15.5 Å². The smallest absolute Gasteiger partial charge is 0.229 e. The average Bonchev–Trinajstić information content (AvgIpc) is 2.80. The second kappa shape index (κ2) is 9.90. The zero-order valence-corrected chi connectivity index (χ0v) is 17.9. The van der Waals surface area contributed by atoms with Gasteiger partial charge in [-0.15, -0.1) is 0 Å². The van der Waals surface area contributed by atoms with Crippen molar-refractivity contribution < 1.29 is 9.59 Å². The number of benzene rings is 2. The zero-order valence-electron chi connectivity index (χ0n) is 17.2. The topological polar surface area (TPSA) is 74.3 Å². The van der Waals surface area contributed by atoms with Crippen molar-refractivity contribution in [1.82, 2.24) is 9.88 Å². The number of nitrogens with one attached hydrogen (secondary N) is 2. The van der Waals surface area contributed by atoms with E-state index in [1.807, 2.05) is 42.5 Å². The van der Waals surface area contributed by atoms with Gasteiger partial charge in [0.2, 0.25) is 11.8 Å². The predicted octanol–water partition coefficient (Wildman–Crippen LogP) is 4.57. The monoisotopic (exact) mass is 436 g/mol. The highest BCUT2D eigenvalue weighted by atomic mass is 35.5. The molecule has 0 bridgehead atoms. The van der Waals surface area contributed by atoms with Crippen LogP contribution < -0.4 is 10.6 Å². The summed E-state index contributed by atoms with van der Waals surface area (Å²) < 4.78 is 0. The Labute approximate surface area is 186 Å². The summed E-state index contributed by atoms with van der Waals surface area (Å²) in [5, 5.41) is 8.55. The summed E-state index contributed by atoms with van der Waals surface area (Å²) in [4.78, 5) is 31.5.